The van der Waals surface area contributed by atoms with Crippen LogP contribution < -0.4 is 15.4 Å². The number of carbonyl (C=O) groups excluding carboxylic acids is 1. The number of benzene rings is 1. The van der Waals surface area contributed by atoms with Gasteiger partial charge < -0.3 is 25.0 Å². The minimum atomic E-state index is -0.213. The van der Waals surface area contributed by atoms with Crippen LogP contribution >= 0.6 is 24.0 Å². The molecule has 1 aliphatic rings. The van der Waals surface area contributed by atoms with Crippen LogP contribution in [0.3, 0.4) is 0 Å². The predicted octanol–water partition coefficient (Wildman–Crippen LogP) is 3.25. The zero-order valence-corrected chi connectivity index (χ0v) is 19.2. The number of halogens is 1. The number of amides is 1. The Morgan fingerprint density at radius 1 is 1.21 bits per heavy atom. The molecule has 0 aliphatic carbocycles. The standard InChI is InChI=1S/C20H32N4O3.HI/c1-3-21-19(22-13-8-16-27-18-9-6-5-7-10-18)23-17-11-14-24(15-12-17)20(25)26-4-2;/h5-7,9-10,17H,3-4,8,11-16H2,1-2H3,(H2,21,22,23);1H. The van der Waals surface area contributed by atoms with Gasteiger partial charge in [-0.1, -0.05) is 18.2 Å². The third-order valence-electron chi connectivity index (χ3n) is 4.29. The molecule has 0 radical (unpaired) electrons. The van der Waals surface area contributed by atoms with Crippen molar-refractivity contribution in [1.82, 2.24) is 15.5 Å². The molecule has 0 unspecified atom stereocenters. The molecule has 28 heavy (non-hydrogen) atoms. The third-order valence-corrected chi connectivity index (χ3v) is 4.29. The molecule has 1 heterocycles. The number of aliphatic imine (C=N–C) groups is 1. The number of nitrogens with one attached hydrogen (secondary N) is 2. The summed E-state index contributed by atoms with van der Waals surface area (Å²) in [6.07, 6.45) is 2.42. The van der Waals surface area contributed by atoms with E-state index in [1.807, 2.05) is 37.3 Å². The molecule has 1 fully saturated rings. The van der Waals surface area contributed by atoms with Crippen LogP contribution in [-0.4, -0.2) is 62.4 Å². The van der Waals surface area contributed by atoms with Crippen molar-refractivity contribution < 1.29 is 14.3 Å². The average Bonchev–Trinajstić information content (AvgIpc) is 2.69. The molecule has 0 saturated carbocycles. The van der Waals surface area contributed by atoms with E-state index in [1.165, 1.54) is 0 Å². The third kappa shape index (κ3) is 8.99. The van der Waals surface area contributed by atoms with Crippen molar-refractivity contribution in [3.63, 3.8) is 0 Å². The molecule has 0 atom stereocenters. The first-order valence-corrected chi connectivity index (χ1v) is 9.87. The van der Waals surface area contributed by atoms with Crippen molar-refractivity contribution in [1.29, 1.82) is 0 Å². The van der Waals surface area contributed by atoms with Gasteiger partial charge in [0.25, 0.3) is 0 Å². The maximum Gasteiger partial charge on any atom is 0.409 e. The van der Waals surface area contributed by atoms with E-state index in [-0.39, 0.29) is 30.1 Å². The summed E-state index contributed by atoms with van der Waals surface area (Å²) in [7, 11) is 0. The number of rotatable bonds is 8. The molecule has 2 N–H and O–H groups in total. The van der Waals surface area contributed by atoms with Gasteiger partial charge in [-0.05, 0) is 38.8 Å². The van der Waals surface area contributed by atoms with E-state index in [1.54, 1.807) is 4.90 Å². The molecule has 0 spiro atoms. The number of nitrogens with zero attached hydrogens (tertiary/aromatic N) is 2. The Hall–Kier alpha value is -1.71. The summed E-state index contributed by atoms with van der Waals surface area (Å²) in [4.78, 5) is 18.2. The Bertz CT molecular complexity index is 578. The molecule has 1 amide bonds. The van der Waals surface area contributed by atoms with Crippen LogP contribution in [0.5, 0.6) is 5.75 Å². The SMILES string of the molecule is CCNC(=NCCCOc1ccccc1)NC1CCN(C(=O)OCC)CC1.I. The lowest BCUT2D eigenvalue weighted by atomic mass is 10.1. The largest absolute Gasteiger partial charge is 0.494 e. The van der Waals surface area contributed by atoms with Crippen molar-refractivity contribution in [3.8, 4) is 5.75 Å². The zero-order valence-electron chi connectivity index (χ0n) is 16.9. The number of likely N-dealkylation sites (tertiary alicyclic amines) is 1. The van der Waals surface area contributed by atoms with Crippen LogP contribution in [0.15, 0.2) is 35.3 Å². The van der Waals surface area contributed by atoms with Crippen molar-refractivity contribution in [2.24, 2.45) is 4.99 Å². The van der Waals surface area contributed by atoms with Crippen molar-refractivity contribution in [2.45, 2.75) is 39.2 Å². The molecule has 1 aliphatic heterocycles. The van der Waals surface area contributed by atoms with Crippen LogP contribution in [0.4, 0.5) is 4.79 Å². The quantitative estimate of drug-likeness (QED) is 0.246. The molecule has 2 rings (SSSR count). The summed E-state index contributed by atoms with van der Waals surface area (Å²) in [5.41, 5.74) is 0. The van der Waals surface area contributed by atoms with Crippen molar-refractivity contribution in [3.05, 3.63) is 30.3 Å². The second kappa shape index (κ2) is 14.3. The monoisotopic (exact) mass is 504 g/mol. The molecule has 8 heteroatoms. The van der Waals surface area contributed by atoms with Gasteiger partial charge in [0.1, 0.15) is 5.75 Å². The second-order valence-corrected chi connectivity index (χ2v) is 6.38. The Kier molecular flexibility index (Phi) is 12.4. The Morgan fingerprint density at radius 3 is 2.57 bits per heavy atom. The highest BCUT2D eigenvalue weighted by molar-refractivity contribution is 14.0. The number of ether oxygens (including phenoxy) is 2. The fraction of sp³-hybridized carbons (Fsp3) is 0.600. The van der Waals surface area contributed by atoms with Gasteiger partial charge in [0.05, 0.1) is 13.2 Å². The van der Waals surface area contributed by atoms with Crippen LogP contribution in [0.25, 0.3) is 0 Å². The number of piperidine rings is 1. The van der Waals surface area contributed by atoms with Gasteiger partial charge in [-0.3, -0.25) is 4.99 Å². The van der Waals surface area contributed by atoms with E-state index in [0.717, 1.165) is 37.5 Å². The Morgan fingerprint density at radius 2 is 1.93 bits per heavy atom. The van der Waals surface area contributed by atoms with E-state index in [0.29, 0.717) is 38.9 Å². The Balaban J connectivity index is 0.00000392. The minimum Gasteiger partial charge on any atom is -0.494 e. The molecule has 7 nitrogen and oxygen atoms in total. The molecule has 158 valence electrons. The first-order valence-electron chi connectivity index (χ1n) is 9.87. The lowest BCUT2D eigenvalue weighted by Gasteiger charge is -2.32. The maximum absolute atomic E-state index is 11.8. The number of guanidine groups is 1. The Labute approximate surface area is 185 Å². The van der Waals surface area contributed by atoms with Gasteiger partial charge in [-0.2, -0.15) is 0 Å². The van der Waals surface area contributed by atoms with Gasteiger partial charge in [0.2, 0.25) is 0 Å². The summed E-state index contributed by atoms with van der Waals surface area (Å²) in [6, 6.07) is 10.1. The fourth-order valence-electron chi connectivity index (χ4n) is 2.90. The molecule has 0 aromatic heterocycles. The number of carbonyl (C=O) groups is 1. The van der Waals surface area contributed by atoms with Crippen LogP contribution in [0.1, 0.15) is 33.1 Å². The first-order chi connectivity index (χ1) is 13.2. The summed E-state index contributed by atoms with van der Waals surface area (Å²) in [5.74, 6) is 1.71. The number of para-hydroxylation sites is 1. The number of hydrogen-bond acceptors (Lipinski definition) is 4. The van der Waals surface area contributed by atoms with Crippen molar-refractivity contribution >= 4 is 36.0 Å². The summed E-state index contributed by atoms with van der Waals surface area (Å²) in [6.45, 7) is 7.88. The molecule has 1 saturated heterocycles. The van der Waals surface area contributed by atoms with Crippen LogP contribution in [0, 0.1) is 0 Å². The second-order valence-electron chi connectivity index (χ2n) is 6.38. The smallest absolute Gasteiger partial charge is 0.409 e. The molecular formula is C20H33IN4O3. The number of hydrogen-bond donors (Lipinski definition) is 2. The minimum absolute atomic E-state index is 0. The summed E-state index contributed by atoms with van der Waals surface area (Å²) >= 11 is 0. The average molecular weight is 504 g/mol. The molecule has 0 bridgehead atoms. The van der Waals surface area contributed by atoms with Crippen LogP contribution in [0.2, 0.25) is 0 Å². The van der Waals surface area contributed by atoms with Gasteiger partial charge >= 0.3 is 6.09 Å². The van der Waals surface area contributed by atoms with Gasteiger partial charge in [0.15, 0.2) is 5.96 Å². The summed E-state index contributed by atoms with van der Waals surface area (Å²) in [5, 5.41) is 6.76. The predicted molar refractivity (Wildman–Crippen MR) is 123 cm³/mol. The van der Waals surface area contributed by atoms with Crippen LogP contribution in [-0.2, 0) is 4.74 Å². The molecule has 1 aromatic carbocycles. The van der Waals surface area contributed by atoms with Gasteiger partial charge in [-0.15, -0.1) is 24.0 Å². The highest BCUT2D eigenvalue weighted by Gasteiger charge is 2.23. The molecular weight excluding hydrogens is 471 g/mol. The lowest BCUT2D eigenvalue weighted by Crippen LogP contribution is -2.49. The van der Waals surface area contributed by atoms with Gasteiger partial charge in [-0.25, -0.2) is 4.79 Å². The highest BCUT2D eigenvalue weighted by Crippen LogP contribution is 2.11. The van der Waals surface area contributed by atoms with Crippen molar-refractivity contribution in [2.75, 3.05) is 39.4 Å². The van der Waals surface area contributed by atoms with Gasteiger partial charge in [0, 0.05) is 38.6 Å². The maximum atomic E-state index is 11.8. The normalized spacial score (nSPS) is 14.8. The first kappa shape index (κ1) is 24.3. The topological polar surface area (TPSA) is 75.2 Å². The lowest BCUT2D eigenvalue weighted by molar-refractivity contribution is 0.0963. The molecule has 1 aromatic rings. The van der Waals surface area contributed by atoms with E-state index >= 15 is 0 Å². The zero-order chi connectivity index (χ0) is 19.3. The highest BCUT2D eigenvalue weighted by atomic mass is 127. The van der Waals surface area contributed by atoms with E-state index in [9.17, 15) is 4.79 Å². The summed E-state index contributed by atoms with van der Waals surface area (Å²) < 4.78 is 10.8. The van der Waals surface area contributed by atoms with E-state index in [4.69, 9.17) is 9.47 Å². The van der Waals surface area contributed by atoms with E-state index < -0.39 is 0 Å². The fourth-order valence-corrected chi connectivity index (χ4v) is 2.90. The van der Waals surface area contributed by atoms with E-state index in [2.05, 4.69) is 22.5 Å².